The van der Waals surface area contributed by atoms with Crippen LogP contribution in [0.4, 0.5) is 5.69 Å². The molecule has 4 heteroatoms. The SMILES string of the molecule is CC1(C)CC(=O)C2=C(C1)Nc1ccc3ncccc3c1C2c1cccc(Br)c1. The number of pyridine rings is 1. The Morgan fingerprint density at radius 2 is 1.96 bits per heavy atom. The molecule has 5 rings (SSSR count). The Morgan fingerprint density at radius 1 is 1.11 bits per heavy atom. The van der Waals surface area contributed by atoms with Crippen LogP contribution in [-0.2, 0) is 4.79 Å². The predicted molar refractivity (Wildman–Crippen MR) is 116 cm³/mol. The van der Waals surface area contributed by atoms with Gasteiger partial charge in [0, 0.05) is 45.4 Å². The molecule has 1 aliphatic carbocycles. The van der Waals surface area contributed by atoms with Gasteiger partial charge >= 0.3 is 0 Å². The highest BCUT2D eigenvalue weighted by Gasteiger charge is 2.41. The third-order valence-electron chi connectivity index (χ3n) is 5.79. The molecule has 0 spiro atoms. The van der Waals surface area contributed by atoms with Gasteiger partial charge < -0.3 is 5.32 Å². The summed E-state index contributed by atoms with van der Waals surface area (Å²) in [4.78, 5) is 17.9. The van der Waals surface area contributed by atoms with Gasteiger partial charge in [-0.2, -0.15) is 0 Å². The number of hydrogen-bond donors (Lipinski definition) is 1. The van der Waals surface area contributed by atoms with Crippen molar-refractivity contribution in [3.05, 3.63) is 81.6 Å². The third-order valence-corrected chi connectivity index (χ3v) is 6.28. The van der Waals surface area contributed by atoms with Crippen molar-refractivity contribution >= 4 is 38.3 Å². The Morgan fingerprint density at radius 3 is 2.79 bits per heavy atom. The minimum Gasteiger partial charge on any atom is -0.358 e. The molecule has 1 unspecified atom stereocenters. The fourth-order valence-corrected chi connectivity index (χ4v) is 5.12. The van der Waals surface area contributed by atoms with E-state index in [1.807, 2.05) is 24.4 Å². The third kappa shape index (κ3) is 2.78. The van der Waals surface area contributed by atoms with Gasteiger partial charge in [-0.1, -0.05) is 48.0 Å². The lowest BCUT2D eigenvalue weighted by Crippen LogP contribution is -2.33. The molecule has 2 aromatic carbocycles. The smallest absolute Gasteiger partial charge is 0.162 e. The van der Waals surface area contributed by atoms with Crippen molar-refractivity contribution in [2.24, 2.45) is 5.41 Å². The number of rotatable bonds is 1. The number of anilines is 1. The Hall–Kier alpha value is -2.46. The fraction of sp³-hybridized carbons (Fsp3) is 0.250. The second-order valence-electron chi connectivity index (χ2n) is 8.54. The monoisotopic (exact) mass is 432 g/mol. The molecule has 0 bridgehead atoms. The number of aromatic nitrogens is 1. The van der Waals surface area contributed by atoms with Gasteiger partial charge in [0.2, 0.25) is 0 Å². The topological polar surface area (TPSA) is 42.0 Å². The van der Waals surface area contributed by atoms with Crippen LogP contribution in [0.1, 0.15) is 43.7 Å². The summed E-state index contributed by atoms with van der Waals surface area (Å²) in [6, 6.07) is 16.6. The summed E-state index contributed by atoms with van der Waals surface area (Å²) in [6.45, 7) is 4.34. The summed E-state index contributed by atoms with van der Waals surface area (Å²) in [6.07, 6.45) is 3.28. The number of nitrogens with one attached hydrogen (secondary N) is 1. The number of allylic oxidation sites excluding steroid dienone is 2. The summed E-state index contributed by atoms with van der Waals surface area (Å²) in [5, 5.41) is 4.71. The van der Waals surface area contributed by atoms with Gasteiger partial charge in [-0.25, -0.2) is 0 Å². The normalized spacial score (nSPS) is 20.5. The van der Waals surface area contributed by atoms with Gasteiger partial charge in [-0.15, -0.1) is 0 Å². The van der Waals surface area contributed by atoms with Gasteiger partial charge in [0.1, 0.15) is 0 Å². The van der Waals surface area contributed by atoms with Gasteiger partial charge in [0.25, 0.3) is 0 Å². The van der Waals surface area contributed by atoms with E-state index in [0.29, 0.717) is 6.42 Å². The van der Waals surface area contributed by atoms with Crippen LogP contribution in [0, 0.1) is 5.41 Å². The van der Waals surface area contributed by atoms with Crippen LogP contribution in [0.3, 0.4) is 0 Å². The largest absolute Gasteiger partial charge is 0.358 e. The van der Waals surface area contributed by atoms with E-state index in [1.165, 1.54) is 0 Å². The highest BCUT2D eigenvalue weighted by molar-refractivity contribution is 9.10. The standard InChI is InChI=1S/C24H21BrN2O/c1-24(2)12-19-23(20(28)13-24)21(14-5-3-6-15(25)11-14)22-16-7-4-10-26-17(16)8-9-18(22)27-19/h3-11,21,27H,12-13H2,1-2H3. The zero-order valence-corrected chi connectivity index (χ0v) is 17.5. The maximum absolute atomic E-state index is 13.3. The molecule has 1 atom stereocenters. The van der Waals surface area contributed by atoms with E-state index in [-0.39, 0.29) is 17.1 Å². The number of ketones is 1. The van der Waals surface area contributed by atoms with Crippen molar-refractivity contribution in [1.29, 1.82) is 0 Å². The number of nitrogens with zero attached hydrogens (tertiary/aromatic N) is 1. The van der Waals surface area contributed by atoms with E-state index < -0.39 is 0 Å². The average molecular weight is 433 g/mol. The van der Waals surface area contributed by atoms with Crippen LogP contribution in [-0.4, -0.2) is 10.8 Å². The van der Waals surface area contributed by atoms with Crippen LogP contribution < -0.4 is 5.32 Å². The molecule has 0 fully saturated rings. The van der Waals surface area contributed by atoms with E-state index in [4.69, 9.17) is 0 Å². The molecule has 1 aliphatic heterocycles. The Kier molecular flexibility index (Phi) is 3.95. The Balaban J connectivity index is 1.83. The molecule has 3 aromatic rings. The van der Waals surface area contributed by atoms with E-state index in [0.717, 1.165) is 49.9 Å². The molecule has 1 aromatic heterocycles. The van der Waals surface area contributed by atoms with Gasteiger partial charge in [0.05, 0.1) is 5.52 Å². The first-order valence-electron chi connectivity index (χ1n) is 9.59. The second kappa shape index (κ2) is 6.28. The fourth-order valence-electron chi connectivity index (χ4n) is 4.70. The molecule has 3 nitrogen and oxygen atoms in total. The van der Waals surface area contributed by atoms with Gasteiger partial charge in [-0.3, -0.25) is 9.78 Å². The molecule has 0 amide bonds. The average Bonchev–Trinajstić information content (AvgIpc) is 2.65. The zero-order chi connectivity index (χ0) is 19.5. The molecular weight excluding hydrogens is 412 g/mol. The van der Waals surface area contributed by atoms with Crippen molar-refractivity contribution < 1.29 is 4.79 Å². The van der Waals surface area contributed by atoms with Crippen LogP contribution in [0.25, 0.3) is 10.9 Å². The van der Waals surface area contributed by atoms with Gasteiger partial charge in [0.15, 0.2) is 5.78 Å². The van der Waals surface area contributed by atoms with Crippen molar-refractivity contribution in [3.63, 3.8) is 0 Å². The number of halogens is 1. The van der Waals surface area contributed by atoms with Gasteiger partial charge in [-0.05, 0) is 53.3 Å². The van der Waals surface area contributed by atoms with Crippen molar-refractivity contribution in [2.45, 2.75) is 32.6 Å². The van der Waals surface area contributed by atoms with E-state index >= 15 is 0 Å². The Labute approximate surface area is 173 Å². The van der Waals surface area contributed by atoms with E-state index in [2.05, 4.69) is 70.4 Å². The highest BCUT2D eigenvalue weighted by Crippen LogP contribution is 2.50. The van der Waals surface area contributed by atoms with E-state index in [1.54, 1.807) is 0 Å². The van der Waals surface area contributed by atoms with Crippen LogP contribution >= 0.6 is 15.9 Å². The number of fused-ring (bicyclic) bond motifs is 3. The Bertz CT molecular complexity index is 1160. The summed E-state index contributed by atoms with van der Waals surface area (Å²) < 4.78 is 1.02. The lowest BCUT2D eigenvalue weighted by atomic mass is 9.68. The second-order valence-corrected chi connectivity index (χ2v) is 9.46. The van der Waals surface area contributed by atoms with Crippen LogP contribution in [0.5, 0.6) is 0 Å². The number of Topliss-reactive ketones (excluding diaryl/α,β-unsaturated/α-hetero) is 1. The van der Waals surface area contributed by atoms with Crippen molar-refractivity contribution in [3.8, 4) is 0 Å². The first kappa shape index (κ1) is 17.6. The minimum absolute atomic E-state index is 0.0271. The molecule has 0 radical (unpaired) electrons. The zero-order valence-electron chi connectivity index (χ0n) is 15.9. The summed E-state index contributed by atoms with van der Waals surface area (Å²) >= 11 is 3.61. The van der Waals surface area contributed by atoms with Crippen LogP contribution in [0.15, 0.2) is 70.5 Å². The molecule has 2 heterocycles. The summed E-state index contributed by atoms with van der Waals surface area (Å²) in [7, 11) is 0. The first-order chi connectivity index (χ1) is 13.4. The molecule has 0 saturated heterocycles. The van der Waals surface area contributed by atoms with Crippen molar-refractivity contribution in [1.82, 2.24) is 4.98 Å². The molecule has 140 valence electrons. The molecule has 2 aliphatic rings. The maximum atomic E-state index is 13.3. The van der Waals surface area contributed by atoms with E-state index in [9.17, 15) is 4.79 Å². The maximum Gasteiger partial charge on any atom is 0.162 e. The number of carbonyl (C=O) groups excluding carboxylic acids is 1. The molecule has 0 saturated carbocycles. The van der Waals surface area contributed by atoms with Crippen molar-refractivity contribution in [2.75, 3.05) is 5.32 Å². The predicted octanol–water partition coefficient (Wildman–Crippen LogP) is 6.20. The number of benzene rings is 2. The minimum atomic E-state index is -0.0831. The summed E-state index contributed by atoms with van der Waals surface area (Å²) in [5.74, 6) is 0.163. The van der Waals surface area contributed by atoms with Crippen LogP contribution in [0.2, 0.25) is 0 Å². The quantitative estimate of drug-likeness (QED) is 0.497. The molecular formula is C24H21BrN2O. The first-order valence-corrected chi connectivity index (χ1v) is 10.4. The number of hydrogen-bond acceptors (Lipinski definition) is 3. The lowest BCUT2D eigenvalue weighted by molar-refractivity contribution is -0.118. The highest BCUT2D eigenvalue weighted by atomic mass is 79.9. The summed E-state index contributed by atoms with van der Waals surface area (Å²) in [5.41, 5.74) is 6.28. The molecule has 28 heavy (non-hydrogen) atoms. The molecule has 1 N–H and O–H groups in total. The number of carbonyl (C=O) groups is 1. The lowest BCUT2D eigenvalue weighted by Gasteiger charge is -2.40.